The minimum absolute atomic E-state index is 0.180. The van der Waals surface area contributed by atoms with Gasteiger partial charge in [0.05, 0.1) is 11.3 Å². The van der Waals surface area contributed by atoms with E-state index in [-0.39, 0.29) is 5.95 Å². The number of halogens is 1. The molecule has 0 fully saturated rings. The number of nitrogens with two attached hydrogens (primary N) is 1. The van der Waals surface area contributed by atoms with Crippen LogP contribution in [0.1, 0.15) is 5.56 Å². The van der Waals surface area contributed by atoms with Gasteiger partial charge in [-0.3, -0.25) is 0 Å². The second-order valence-electron chi connectivity index (χ2n) is 2.79. The third-order valence-electron chi connectivity index (χ3n) is 1.86. The summed E-state index contributed by atoms with van der Waals surface area (Å²) in [5.74, 6) is 0.180. The number of hydrogen-bond acceptors (Lipinski definition) is 4. The van der Waals surface area contributed by atoms with Crippen LogP contribution in [0.4, 0.5) is 5.95 Å². The van der Waals surface area contributed by atoms with Crippen molar-refractivity contribution in [3.63, 3.8) is 0 Å². The van der Waals surface area contributed by atoms with Crippen LogP contribution in [-0.2, 0) is 0 Å². The molecule has 6 heteroatoms. The van der Waals surface area contributed by atoms with Gasteiger partial charge >= 0.3 is 0 Å². The fourth-order valence-corrected chi connectivity index (χ4v) is 1.65. The zero-order valence-electron chi connectivity index (χ0n) is 7.55. The van der Waals surface area contributed by atoms with E-state index in [0.717, 1.165) is 4.47 Å². The van der Waals surface area contributed by atoms with E-state index in [1.165, 1.54) is 11.0 Å². The lowest BCUT2D eigenvalue weighted by atomic mass is 10.2. The minimum Gasteiger partial charge on any atom is -0.366 e. The highest BCUT2D eigenvalue weighted by molar-refractivity contribution is 9.10. The Morgan fingerprint density at radius 1 is 1.47 bits per heavy atom. The molecule has 0 amide bonds. The molecule has 0 atom stereocenters. The first-order chi connectivity index (χ1) is 7.22. The summed E-state index contributed by atoms with van der Waals surface area (Å²) in [6.07, 6.45) is 1.47. The third-order valence-corrected chi connectivity index (χ3v) is 2.52. The monoisotopic (exact) mass is 263 g/mol. The van der Waals surface area contributed by atoms with Gasteiger partial charge in [-0.05, 0) is 28.1 Å². The van der Waals surface area contributed by atoms with Crippen LogP contribution < -0.4 is 5.73 Å². The zero-order chi connectivity index (χ0) is 10.8. The number of anilines is 1. The summed E-state index contributed by atoms with van der Waals surface area (Å²) in [5.41, 5.74) is 6.56. The lowest BCUT2D eigenvalue weighted by Gasteiger charge is -2.03. The van der Waals surface area contributed by atoms with E-state index in [9.17, 15) is 0 Å². The largest absolute Gasteiger partial charge is 0.366 e. The molecule has 74 valence electrons. The van der Waals surface area contributed by atoms with Gasteiger partial charge in [0.2, 0.25) is 5.95 Å². The Labute approximate surface area is 94.3 Å². The van der Waals surface area contributed by atoms with Crippen molar-refractivity contribution in [1.29, 1.82) is 5.26 Å². The van der Waals surface area contributed by atoms with Crippen molar-refractivity contribution in [2.45, 2.75) is 0 Å². The van der Waals surface area contributed by atoms with Gasteiger partial charge in [0.1, 0.15) is 12.4 Å². The number of aromatic nitrogens is 3. The number of rotatable bonds is 1. The Morgan fingerprint density at radius 3 is 2.87 bits per heavy atom. The predicted octanol–water partition coefficient (Wildman–Crippen LogP) is 1.48. The molecule has 0 aliphatic rings. The predicted molar refractivity (Wildman–Crippen MR) is 58.2 cm³/mol. The third kappa shape index (κ3) is 1.69. The van der Waals surface area contributed by atoms with Crippen molar-refractivity contribution in [1.82, 2.24) is 14.8 Å². The standard InChI is InChI=1S/C9H6BrN5/c10-7-2-1-3-8(6(7)4-11)15-5-13-9(12)14-15/h1-3,5H,(H2,12,14). The number of nitriles is 1. The second-order valence-corrected chi connectivity index (χ2v) is 3.65. The average molecular weight is 264 g/mol. The number of nitrogens with zero attached hydrogens (tertiary/aromatic N) is 4. The number of nitrogen functional groups attached to an aromatic ring is 1. The molecule has 0 spiro atoms. The fraction of sp³-hybridized carbons (Fsp3) is 0. The van der Waals surface area contributed by atoms with E-state index in [1.807, 2.05) is 6.07 Å². The minimum atomic E-state index is 0.180. The molecular weight excluding hydrogens is 258 g/mol. The molecule has 0 saturated carbocycles. The molecule has 0 bridgehead atoms. The first kappa shape index (κ1) is 9.68. The van der Waals surface area contributed by atoms with Crippen molar-refractivity contribution in [2.75, 3.05) is 5.73 Å². The maximum atomic E-state index is 8.99. The summed E-state index contributed by atoms with van der Waals surface area (Å²) in [6, 6.07) is 7.48. The van der Waals surface area contributed by atoms with Crippen LogP contribution in [0.5, 0.6) is 0 Å². The van der Waals surface area contributed by atoms with Crippen molar-refractivity contribution >= 4 is 21.9 Å². The average Bonchev–Trinajstić information content (AvgIpc) is 2.64. The highest BCUT2D eigenvalue weighted by atomic mass is 79.9. The lowest BCUT2D eigenvalue weighted by Crippen LogP contribution is -1.99. The maximum absolute atomic E-state index is 8.99. The topological polar surface area (TPSA) is 80.5 Å². The van der Waals surface area contributed by atoms with Crippen LogP contribution in [0.3, 0.4) is 0 Å². The van der Waals surface area contributed by atoms with Gasteiger partial charge in [-0.25, -0.2) is 9.67 Å². The van der Waals surface area contributed by atoms with E-state index < -0.39 is 0 Å². The Balaban J connectivity index is 2.63. The molecule has 1 heterocycles. The van der Waals surface area contributed by atoms with Gasteiger partial charge in [-0.1, -0.05) is 6.07 Å². The SMILES string of the molecule is N#Cc1c(Br)cccc1-n1cnc(N)n1. The molecule has 0 radical (unpaired) electrons. The molecule has 2 rings (SSSR count). The van der Waals surface area contributed by atoms with Crippen LogP contribution >= 0.6 is 15.9 Å². The molecule has 1 aromatic heterocycles. The van der Waals surface area contributed by atoms with Crippen molar-refractivity contribution < 1.29 is 0 Å². The summed E-state index contributed by atoms with van der Waals surface area (Å²) in [7, 11) is 0. The summed E-state index contributed by atoms with van der Waals surface area (Å²) >= 11 is 3.30. The van der Waals surface area contributed by atoms with Gasteiger partial charge in [-0.2, -0.15) is 5.26 Å². The molecule has 0 aliphatic carbocycles. The first-order valence-corrected chi connectivity index (χ1v) is 4.88. The van der Waals surface area contributed by atoms with Gasteiger partial charge in [-0.15, -0.1) is 5.10 Å². The van der Waals surface area contributed by atoms with Crippen molar-refractivity contribution in [3.05, 3.63) is 34.6 Å². The van der Waals surface area contributed by atoms with Crippen LogP contribution in [0.2, 0.25) is 0 Å². The van der Waals surface area contributed by atoms with Gasteiger partial charge in [0.15, 0.2) is 0 Å². The van der Waals surface area contributed by atoms with E-state index in [1.54, 1.807) is 12.1 Å². The molecular formula is C9H6BrN5. The molecule has 0 aliphatic heterocycles. The quantitative estimate of drug-likeness (QED) is 0.845. The molecule has 5 nitrogen and oxygen atoms in total. The summed E-state index contributed by atoms with van der Waals surface area (Å²) in [6.45, 7) is 0. The van der Waals surface area contributed by atoms with Crippen LogP contribution in [0.15, 0.2) is 29.0 Å². The fourth-order valence-electron chi connectivity index (χ4n) is 1.21. The normalized spacial score (nSPS) is 9.87. The molecule has 2 aromatic rings. The highest BCUT2D eigenvalue weighted by Crippen LogP contribution is 2.22. The van der Waals surface area contributed by atoms with Crippen molar-refractivity contribution in [2.24, 2.45) is 0 Å². The van der Waals surface area contributed by atoms with Crippen LogP contribution in [-0.4, -0.2) is 14.8 Å². The molecule has 1 aromatic carbocycles. The number of hydrogen-bond donors (Lipinski definition) is 1. The lowest BCUT2D eigenvalue weighted by molar-refractivity contribution is 0.879. The summed E-state index contributed by atoms with van der Waals surface area (Å²) in [5, 5.41) is 12.9. The van der Waals surface area contributed by atoms with E-state index in [4.69, 9.17) is 11.0 Å². The summed E-state index contributed by atoms with van der Waals surface area (Å²) < 4.78 is 2.19. The Hall–Kier alpha value is -1.87. The molecule has 0 saturated heterocycles. The molecule has 15 heavy (non-hydrogen) atoms. The Morgan fingerprint density at radius 2 is 2.27 bits per heavy atom. The van der Waals surface area contributed by atoms with Gasteiger partial charge in [0.25, 0.3) is 0 Å². The highest BCUT2D eigenvalue weighted by Gasteiger charge is 2.08. The van der Waals surface area contributed by atoms with E-state index >= 15 is 0 Å². The van der Waals surface area contributed by atoms with Gasteiger partial charge < -0.3 is 5.73 Å². The maximum Gasteiger partial charge on any atom is 0.239 e. The molecule has 0 unspecified atom stereocenters. The van der Waals surface area contributed by atoms with E-state index in [2.05, 4.69) is 32.1 Å². The first-order valence-electron chi connectivity index (χ1n) is 4.08. The summed E-state index contributed by atoms with van der Waals surface area (Å²) in [4.78, 5) is 3.80. The van der Waals surface area contributed by atoms with Crippen molar-refractivity contribution in [3.8, 4) is 11.8 Å². The number of benzene rings is 1. The Kier molecular flexibility index (Phi) is 2.39. The second kappa shape index (κ2) is 3.71. The Bertz CT molecular complexity index is 540. The van der Waals surface area contributed by atoms with Crippen LogP contribution in [0, 0.1) is 11.3 Å². The van der Waals surface area contributed by atoms with Gasteiger partial charge in [0, 0.05) is 4.47 Å². The van der Waals surface area contributed by atoms with Crippen LogP contribution in [0.25, 0.3) is 5.69 Å². The zero-order valence-corrected chi connectivity index (χ0v) is 9.14. The smallest absolute Gasteiger partial charge is 0.239 e. The molecule has 2 N–H and O–H groups in total. The van der Waals surface area contributed by atoms with E-state index in [0.29, 0.717) is 11.3 Å².